The molecule has 0 fully saturated rings. The summed E-state index contributed by atoms with van der Waals surface area (Å²) in [6, 6.07) is 8.21. The van der Waals surface area contributed by atoms with E-state index in [1.54, 1.807) is 0 Å². The van der Waals surface area contributed by atoms with Crippen molar-refractivity contribution < 1.29 is 9.90 Å². The summed E-state index contributed by atoms with van der Waals surface area (Å²) < 4.78 is 0. The zero-order valence-electron chi connectivity index (χ0n) is 13.0. The quantitative estimate of drug-likeness (QED) is 0.649. The van der Waals surface area contributed by atoms with Gasteiger partial charge in [0.2, 0.25) is 5.91 Å². The normalized spacial score (nSPS) is 11.0. The van der Waals surface area contributed by atoms with Crippen LogP contribution in [0.4, 0.5) is 0 Å². The van der Waals surface area contributed by atoms with Gasteiger partial charge in [-0.15, -0.1) is 0 Å². The Kier molecular flexibility index (Phi) is 9.21. The summed E-state index contributed by atoms with van der Waals surface area (Å²) in [4.78, 5) is 11.6. The molecule has 2 N–H and O–H groups in total. The van der Waals surface area contributed by atoms with Crippen molar-refractivity contribution in [3.05, 3.63) is 41.5 Å². The summed E-state index contributed by atoms with van der Waals surface area (Å²) in [6.45, 7) is 2.53. The van der Waals surface area contributed by atoms with Crippen molar-refractivity contribution in [3.8, 4) is 0 Å². The van der Waals surface area contributed by atoms with Crippen LogP contribution in [0.25, 0.3) is 6.08 Å². The van der Waals surface area contributed by atoms with Gasteiger partial charge in [-0.05, 0) is 30.4 Å². The molecule has 0 saturated carbocycles. The Hall–Kier alpha value is -1.61. The van der Waals surface area contributed by atoms with Crippen molar-refractivity contribution in [2.45, 2.75) is 45.4 Å². The molecule has 0 atom stereocenters. The predicted octanol–water partition coefficient (Wildman–Crippen LogP) is 3.32. The van der Waals surface area contributed by atoms with Crippen LogP contribution in [0.1, 0.15) is 50.2 Å². The van der Waals surface area contributed by atoms with Gasteiger partial charge in [0.15, 0.2) is 0 Å². The first-order valence-electron chi connectivity index (χ1n) is 7.90. The zero-order valence-corrected chi connectivity index (χ0v) is 13.0. The SMILES string of the molecule is CCCCC/C=C\c1ccccc1CCC(=O)NCCO. The maximum absolute atomic E-state index is 11.6. The highest BCUT2D eigenvalue weighted by Gasteiger charge is 2.03. The number of hydrogen-bond acceptors (Lipinski definition) is 2. The van der Waals surface area contributed by atoms with Gasteiger partial charge in [0.25, 0.3) is 0 Å². The lowest BCUT2D eigenvalue weighted by atomic mass is 10.0. The van der Waals surface area contributed by atoms with Crippen LogP contribution in [0.2, 0.25) is 0 Å². The van der Waals surface area contributed by atoms with Crippen LogP contribution in [0.15, 0.2) is 30.3 Å². The van der Waals surface area contributed by atoms with Crippen LogP contribution in [-0.2, 0) is 11.2 Å². The highest BCUT2D eigenvalue weighted by atomic mass is 16.3. The third-order valence-corrected chi connectivity index (χ3v) is 3.38. The fraction of sp³-hybridized carbons (Fsp3) is 0.500. The fourth-order valence-electron chi connectivity index (χ4n) is 2.18. The van der Waals surface area contributed by atoms with Gasteiger partial charge < -0.3 is 10.4 Å². The highest BCUT2D eigenvalue weighted by Crippen LogP contribution is 2.14. The Morgan fingerprint density at radius 3 is 2.86 bits per heavy atom. The molecule has 21 heavy (non-hydrogen) atoms. The molecule has 3 nitrogen and oxygen atoms in total. The van der Waals surface area contributed by atoms with Crippen molar-refractivity contribution >= 4 is 12.0 Å². The number of unbranched alkanes of at least 4 members (excludes halogenated alkanes) is 3. The van der Waals surface area contributed by atoms with Crippen LogP contribution in [0.3, 0.4) is 0 Å². The number of aryl methyl sites for hydroxylation is 1. The topological polar surface area (TPSA) is 49.3 Å². The molecular weight excluding hydrogens is 262 g/mol. The molecule has 0 spiro atoms. The number of aliphatic hydroxyl groups excluding tert-OH is 1. The average Bonchev–Trinajstić information content (AvgIpc) is 2.51. The molecule has 0 aliphatic heterocycles. The molecule has 1 amide bonds. The van der Waals surface area contributed by atoms with Crippen molar-refractivity contribution in [1.82, 2.24) is 5.32 Å². The molecule has 0 radical (unpaired) electrons. The molecule has 0 aromatic heterocycles. The summed E-state index contributed by atoms with van der Waals surface area (Å²) in [6.07, 6.45) is 10.4. The lowest BCUT2D eigenvalue weighted by molar-refractivity contribution is -0.121. The monoisotopic (exact) mass is 289 g/mol. The van der Waals surface area contributed by atoms with Gasteiger partial charge in [0.05, 0.1) is 6.61 Å². The maximum atomic E-state index is 11.6. The summed E-state index contributed by atoms with van der Waals surface area (Å²) in [5.41, 5.74) is 2.40. The number of allylic oxidation sites excluding steroid dienone is 1. The molecule has 0 bridgehead atoms. The number of amides is 1. The highest BCUT2D eigenvalue weighted by molar-refractivity contribution is 5.76. The van der Waals surface area contributed by atoms with Gasteiger partial charge >= 0.3 is 0 Å². The Bertz CT molecular complexity index is 441. The second kappa shape index (κ2) is 11.1. The lowest BCUT2D eigenvalue weighted by Crippen LogP contribution is -2.26. The van der Waals surface area contributed by atoms with Gasteiger partial charge in [0.1, 0.15) is 0 Å². The number of carbonyl (C=O) groups excluding carboxylic acids is 1. The zero-order chi connectivity index (χ0) is 15.3. The molecule has 1 aromatic carbocycles. The molecule has 0 saturated heterocycles. The minimum absolute atomic E-state index is 0.00854. The van der Waals surface area contributed by atoms with Crippen LogP contribution < -0.4 is 5.32 Å². The largest absolute Gasteiger partial charge is 0.395 e. The smallest absolute Gasteiger partial charge is 0.220 e. The first kappa shape index (κ1) is 17.4. The second-order valence-corrected chi connectivity index (χ2v) is 5.17. The molecule has 116 valence electrons. The Balaban J connectivity index is 2.48. The first-order chi connectivity index (χ1) is 10.3. The van der Waals surface area contributed by atoms with Crippen molar-refractivity contribution in [2.24, 2.45) is 0 Å². The third kappa shape index (κ3) is 7.66. The van der Waals surface area contributed by atoms with Crippen molar-refractivity contribution in [1.29, 1.82) is 0 Å². The predicted molar refractivity (Wildman–Crippen MR) is 88.0 cm³/mol. The van der Waals surface area contributed by atoms with Crippen molar-refractivity contribution in [2.75, 3.05) is 13.2 Å². The Morgan fingerprint density at radius 1 is 1.29 bits per heavy atom. The summed E-state index contributed by atoms with van der Waals surface area (Å²) >= 11 is 0. The number of nitrogens with one attached hydrogen (secondary N) is 1. The van der Waals surface area contributed by atoms with Crippen LogP contribution >= 0.6 is 0 Å². The van der Waals surface area contributed by atoms with E-state index in [1.165, 1.54) is 30.4 Å². The standard InChI is InChI=1S/C18H27NO2/c1-2-3-4-5-6-9-16-10-7-8-11-17(16)12-13-18(21)19-14-15-20/h6-11,20H,2-5,12-15H2,1H3,(H,19,21)/b9-6-. The lowest BCUT2D eigenvalue weighted by Gasteiger charge is -2.06. The van der Waals surface area contributed by atoms with Crippen molar-refractivity contribution in [3.63, 3.8) is 0 Å². The van der Waals surface area contributed by atoms with E-state index in [2.05, 4.69) is 36.5 Å². The van der Waals surface area contributed by atoms with Gasteiger partial charge in [-0.2, -0.15) is 0 Å². The van der Waals surface area contributed by atoms with Crippen LogP contribution in [0, 0.1) is 0 Å². The molecule has 1 rings (SSSR count). The van der Waals surface area contributed by atoms with E-state index in [-0.39, 0.29) is 12.5 Å². The third-order valence-electron chi connectivity index (χ3n) is 3.38. The first-order valence-corrected chi connectivity index (χ1v) is 7.90. The number of rotatable bonds is 10. The van der Waals surface area contributed by atoms with Gasteiger partial charge in [-0.1, -0.05) is 56.2 Å². The summed E-state index contributed by atoms with van der Waals surface area (Å²) in [5.74, 6) is -0.00854. The molecular formula is C18H27NO2. The average molecular weight is 289 g/mol. The van der Waals surface area contributed by atoms with E-state index in [0.717, 1.165) is 12.8 Å². The van der Waals surface area contributed by atoms with Gasteiger partial charge in [-0.25, -0.2) is 0 Å². The van der Waals surface area contributed by atoms with Crippen LogP contribution in [-0.4, -0.2) is 24.2 Å². The minimum atomic E-state index is -0.0111. The summed E-state index contributed by atoms with van der Waals surface area (Å²) in [5, 5.41) is 11.4. The van der Waals surface area contributed by atoms with E-state index < -0.39 is 0 Å². The van der Waals surface area contributed by atoms with E-state index in [9.17, 15) is 4.79 Å². The molecule has 0 heterocycles. The number of hydrogen-bond donors (Lipinski definition) is 2. The number of aliphatic hydroxyl groups is 1. The summed E-state index contributed by atoms with van der Waals surface area (Å²) in [7, 11) is 0. The Labute approximate surface area is 128 Å². The van der Waals surface area contributed by atoms with Gasteiger partial charge in [-0.3, -0.25) is 4.79 Å². The van der Waals surface area contributed by atoms with Gasteiger partial charge in [0, 0.05) is 13.0 Å². The van der Waals surface area contributed by atoms with E-state index in [1.807, 2.05) is 12.1 Å². The van der Waals surface area contributed by atoms with E-state index in [4.69, 9.17) is 5.11 Å². The van der Waals surface area contributed by atoms with Crippen LogP contribution in [0.5, 0.6) is 0 Å². The van der Waals surface area contributed by atoms with E-state index >= 15 is 0 Å². The minimum Gasteiger partial charge on any atom is -0.395 e. The molecule has 3 heteroatoms. The molecule has 0 unspecified atom stereocenters. The molecule has 1 aromatic rings. The number of carbonyl (C=O) groups is 1. The molecule has 0 aliphatic carbocycles. The number of benzene rings is 1. The Morgan fingerprint density at radius 2 is 2.10 bits per heavy atom. The second-order valence-electron chi connectivity index (χ2n) is 5.17. The molecule has 0 aliphatic rings. The fourth-order valence-corrected chi connectivity index (χ4v) is 2.18. The maximum Gasteiger partial charge on any atom is 0.220 e. The van der Waals surface area contributed by atoms with E-state index in [0.29, 0.717) is 13.0 Å².